The summed E-state index contributed by atoms with van der Waals surface area (Å²) >= 11 is 9.78. The maximum atomic E-state index is 12.3. The van der Waals surface area contributed by atoms with Gasteiger partial charge in [-0.2, -0.15) is 0 Å². The molecule has 1 aromatic carbocycles. The van der Waals surface area contributed by atoms with Gasteiger partial charge in [0, 0.05) is 30.5 Å². The molecule has 0 saturated carbocycles. The van der Waals surface area contributed by atoms with E-state index in [9.17, 15) is 9.59 Å². The Morgan fingerprint density at radius 2 is 2.00 bits per heavy atom. The predicted molar refractivity (Wildman–Crippen MR) is 84.4 cm³/mol. The highest BCUT2D eigenvalue weighted by Gasteiger charge is 2.42. The SMILES string of the molecule is O=C1C(=O)N(CC2(CBr)CCOCC2)c2c(Cl)cccc21. The van der Waals surface area contributed by atoms with Gasteiger partial charge >= 0.3 is 0 Å². The topological polar surface area (TPSA) is 46.6 Å². The van der Waals surface area contributed by atoms with Gasteiger partial charge in [-0.05, 0) is 25.0 Å². The van der Waals surface area contributed by atoms with Gasteiger partial charge in [0.15, 0.2) is 0 Å². The predicted octanol–water partition coefficient (Wildman–Crippen LogP) is 3.06. The first kappa shape index (κ1) is 15.0. The molecule has 21 heavy (non-hydrogen) atoms. The lowest BCUT2D eigenvalue weighted by Gasteiger charge is -2.38. The number of Topliss-reactive ketones (excluding diaryl/α,β-unsaturated/α-hetero) is 1. The molecule has 0 aromatic heterocycles. The van der Waals surface area contributed by atoms with Crippen molar-refractivity contribution in [3.63, 3.8) is 0 Å². The lowest BCUT2D eigenvalue weighted by Crippen LogP contribution is -2.44. The molecule has 6 heteroatoms. The fourth-order valence-corrected chi connectivity index (χ4v) is 3.95. The van der Waals surface area contributed by atoms with Crippen molar-refractivity contribution in [2.45, 2.75) is 12.8 Å². The maximum absolute atomic E-state index is 12.3. The number of benzene rings is 1. The van der Waals surface area contributed by atoms with Crippen LogP contribution in [0, 0.1) is 5.41 Å². The van der Waals surface area contributed by atoms with E-state index in [0.717, 1.165) is 18.2 Å². The highest BCUT2D eigenvalue weighted by atomic mass is 79.9. The van der Waals surface area contributed by atoms with Gasteiger partial charge in [-0.3, -0.25) is 9.59 Å². The number of para-hydroxylation sites is 1. The van der Waals surface area contributed by atoms with Crippen LogP contribution in [0.4, 0.5) is 5.69 Å². The van der Waals surface area contributed by atoms with Crippen molar-refractivity contribution in [3.8, 4) is 0 Å². The molecule has 3 rings (SSSR count). The van der Waals surface area contributed by atoms with Gasteiger partial charge in [0.2, 0.25) is 0 Å². The lowest BCUT2D eigenvalue weighted by atomic mass is 9.82. The minimum Gasteiger partial charge on any atom is -0.381 e. The van der Waals surface area contributed by atoms with Crippen LogP contribution in [0.25, 0.3) is 0 Å². The Labute approximate surface area is 136 Å². The molecular formula is C15H15BrClNO3. The summed E-state index contributed by atoms with van der Waals surface area (Å²) in [4.78, 5) is 26.0. The molecule has 1 amide bonds. The fourth-order valence-electron chi connectivity index (χ4n) is 2.94. The third-order valence-electron chi connectivity index (χ3n) is 4.27. The highest BCUT2D eigenvalue weighted by molar-refractivity contribution is 9.09. The number of carbonyl (C=O) groups excluding carboxylic acids is 2. The van der Waals surface area contributed by atoms with E-state index < -0.39 is 11.7 Å². The monoisotopic (exact) mass is 371 g/mol. The minimum atomic E-state index is -0.482. The molecular weight excluding hydrogens is 358 g/mol. The van der Waals surface area contributed by atoms with E-state index in [2.05, 4.69) is 15.9 Å². The second-order valence-electron chi connectivity index (χ2n) is 5.60. The van der Waals surface area contributed by atoms with Crippen LogP contribution in [0.15, 0.2) is 18.2 Å². The van der Waals surface area contributed by atoms with E-state index in [-0.39, 0.29) is 5.41 Å². The van der Waals surface area contributed by atoms with Gasteiger partial charge < -0.3 is 9.64 Å². The second kappa shape index (κ2) is 5.71. The van der Waals surface area contributed by atoms with Crippen molar-refractivity contribution >= 4 is 44.9 Å². The van der Waals surface area contributed by atoms with Gasteiger partial charge in [-0.15, -0.1) is 0 Å². The van der Waals surface area contributed by atoms with Crippen LogP contribution in [0.2, 0.25) is 5.02 Å². The number of fused-ring (bicyclic) bond motifs is 1. The summed E-state index contributed by atoms with van der Waals surface area (Å²) in [6, 6.07) is 5.07. The molecule has 1 aromatic rings. The fraction of sp³-hybridized carbons (Fsp3) is 0.467. The molecule has 1 saturated heterocycles. The van der Waals surface area contributed by atoms with E-state index in [1.54, 1.807) is 23.1 Å². The molecule has 112 valence electrons. The average molecular weight is 373 g/mol. The van der Waals surface area contributed by atoms with Crippen LogP contribution < -0.4 is 4.90 Å². The highest BCUT2D eigenvalue weighted by Crippen LogP contribution is 2.41. The van der Waals surface area contributed by atoms with Gasteiger partial charge in [0.1, 0.15) is 0 Å². The number of nitrogens with zero attached hydrogens (tertiary/aromatic N) is 1. The summed E-state index contributed by atoms with van der Waals surface area (Å²) < 4.78 is 5.41. The average Bonchev–Trinajstić information content (AvgIpc) is 2.75. The molecule has 2 aliphatic rings. The zero-order valence-corrected chi connectivity index (χ0v) is 13.7. The molecule has 0 radical (unpaired) electrons. The van der Waals surface area contributed by atoms with Crippen molar-refractivity contribution in [1.82, 2.24) is 0 Å². The van der Waals surface area contributed by atoms with Crippen LogP contribution in [0.1, 0.15) is 23.2 Å². The number of carbonyl (C=O) groups is 2. The molecule has 1 fully saturated rings. The smallest absolute Gasteiger partial charge is 0.299 e. The Morgan fingerprint density at radius 3 is 2.67 bits per heavy atom. The van der Waals surface area contributed by atoms with E-state index in [4.69, 9.17) is 16.3 Å². The van der Waals surface area contributed by atoms with E-state index in [1.807, 2.05) is 0 Å². The van der Waals surface area contributed by atoms with Gasteiger partial charge in [-0.1, -0.05) is 33.6 Å². The number of anilines is 1. The third kappa shape index (κ3) is 2.51. The standard InChI is InChI=1S/C15H15BrClNO3/c16-8-15(4-6-21-7-5-15)9-18-12-10(13(19)14(18)20)2-1-3-11(12)17/h1-3H,4-9H2. The van der Waals surface area contributed by atoms with Gasteiger partial charge in [0.25, 0.3) is 11.7 Å². The summed E-state index contributed by atoms with van der Waals surface area (Å²) in [7, 11) is 0. The summed E-state index contributed by atoms with van der Waals surface area (Å²) in [5.41, 5.74) is 0.889. The molecule has 0 spiro atoms. The van der Waals surface area contributed by atoms with E-state index in [1.165, 1.54) is 0 Å². The molecule has 0 aliphatic carbocycles. The molecule has 0 bridgehead atoms. The Balaban J connectivity index is 1.96. The summed E-state index contributed by atoms with van der Waals surface area (Å²) in [6.07, 6.45) is 1.71. The van der Waals surface area contributed by atoms with E-state index >= 15 is 0 Å². The molecule has 0 N–H and O–H groups in total. The zero-order valence-electron chi connectivity index (χ0n) is 11.4. The number of amides is 1. The molecule has 2 heterocycles. The third-order valence-corrected chi connectivity index (χ3v) is 5.77. The van der Waals surface area contributed by atoms with E-state index in [0.29, 0.717) is 36.0 Å². The lowest BCUT2D eigenvalue weighted by molar-refractivity contribution is -0.114. The second-order valence-corrected chi connectivity index (χ2v) is 6.57. The van der Waals surface area contributed by atoms with Crippen LogP contribution in [0.3, 0.4) is 0 Å². The van der Waals surface area contributed by atoms with Crippen LogP contribution >= 0.6 is 27.5 Å². The normalized spacial score (nSPS) is 20.8. The minimum absolute atomic E-state index is 0.0744. The zero-order chi connectivity index (χ0) is 15.0. The number of hydrogen-bond acceptors (Lipinski definition) is 3. The molecule has 4 nitrogen and oxygen atoms in total. The van der Waals surface area contributed by atoms with Crippen molar-refractivity contribution in [1.29, 1.82) is 0 Å². The van der Waals surface area contributed by atoms with Crippen LogP contribution in [-0.2, 0) is 9.53 Å². The number of ketones is 1. The van der Waals surface area contributed by atoms with Crippen molar-refractivity contribution in [2.75, 3.05) is 30.0 Å². The first-order chi connectivity index (χ1) is 10.1. The van der Waals surface area contributed by atoms with Crippen LogP contribution in [0.5, 0.6) is 0 Å². The van der Waals surface area contributed by atoms with Gasteiger partial charge in [0.05, 0.1) is 16.3 Å². The van der Waals surface area contributed by atoms with Crippen molar-refractivity contribution < 1.29 is 14.3 Å². The van der Waals surface area contributed by atoms with Crippen molar-refractivity contribution in [3.05, 3.63) is 28.8 Å². The summed E-state index contributed by atoms with van der Waals surface area (Å²) in [5, 5.41) is 1.21. The molecule has 2 aliphatic heterocycles. The Morgan fingerprint density at radius 1 is 1.29 bits per heavy atom. The van der Waals surface area contributed by atoms with Gasteiger partial charge in [-0.25, -0.2) is 0 Å². The van der Waals surface area contributed by atoms with Crippen LogP contribution in [-0.4, -0.2) is 36.8 Å². The van der Waals surface area contributed by atoms with Crippen molar-refractivity contribution in [2.24, 2.45) is 5.41 Å². The number of alkyl halides is 1. The summed E-state index contributed by atoms with van der Waals surface area (Å²) in [5.74, 6) is -0.950. The molecule has 0 unspecified atom stereocenters. The Hall–Kier alpha value is -0.910. The first-order valence-electron chi connectivity index (χ1n) is 6.86. The Bertz CT molecular complexity index is 599. The summed E-state index contributed by atoms with van der Waals surface area (Å²) in [6.45, 7) is 1.84. The first-order valence-corrected chi connectivity index (χ1v) is 8.36. The largest absolute Gasteiger partial charge is 0.381 e. The quantitative estimate of drug-likeness (QED) is 0.605. The maximum Gasteiger partial charge on any atom is 0.299 e. The molecule has 0 atom stereocenters. The number of halogens is 2. The number of hydrogen-bond donors (Lipinski definition) is 0. The Kier molecular flexibility index (Phi) is 4.08. The number of ether oxygens (including phenoxy) is 1. The number of rotatable bonds is 3.